The zero-order valence-corrected chi connectivity index (χ0v) is 14.9. The zero-order chi connectivity index (χ0) is 16.7. The van der Waals surface area contributed by atoms with Gasteiger partial charge in [0.15, 0.2) is 0 Å². The van der Waals surface area contributed by atoms with Crippen LogP contribution in [0.2, 0.25) is 0 Å². The lowest BCUT2D eigenvalue weighted by atomic mass is 9.82. The number of hydrogen-bond donors (Lipinski definition) is 0. The van der Waals surface area contributed by atoms with Gasteiger partial charge in [-0.1, -0.05) is 12.5 Å². The van der Waals surface area contributed by atoms with Crippen LogP contribution in [0, 0.1) is 18.3 Å². The molecule has 1 saturated heterocycles. The first-order chi connectivity index (χ1) is 10.9. The van der Waals surface area contributed by atoms with Gasteiger partial charge in [0.05, 0.1) is 13.7 Å². The van der Waals surface area contributed by atoms with Crippen molar-refractivity contribution >= 4 is 10.0 Å². The molecule has 23 heavy (non-hydrogen) atoms. The van der Waals surface area contributed by atoms with Crippen molar-refractivity contribution < 1.29 is 17.9 Å². The lowest BCUT2D eigenvalue weighted by Gasteiger charge is -2.27. The summed E-state index contributed by atoms with van der Waals surface area (Å²) in [5.41, 5.74) is 0.967. The van der Waals surface area contributed by atoms with Crippen LogP contribution in [0.4, 0.5) is 0 Å². The maximum atomic E-state index is 13.1. The second-order valence-electron chi connectivity index (χ2n) is 6.84. The zero-order valence-electron chi connectivity index (χ0n) is 14.0. The molecule has 0 radical (unpaired) electrons. The summed E-state index contributed by atoms with van der Waals surface area (Å²) >= 11 is 0. The molecule has 1 aliphatic heterocycles. The summed E-state index contributed by atoms with van der Waals surface area (Å²) in [4.78, 5) is 0.262. The van der Waals surface area contributed by atoms with Gasteiger partial charge in [-0.2, -0.15) is 4.31 Å². The molecule has 0 N–H and O–H groups in total. The van der Waals surface area contributed by atoms with Gasteiger partial charge in [-0.3, -0.25) is 0 Å². The first kappa shape index (κ1) is 16.7. The molecule has 1 saturated carbocycles. The molecule has 0 spiro atoms. The van der Waals surface area contributed by atoms with Gasteiger partial charge in [0.25, 0.3) is 0 Å². The summed E-state index contributed by atoms with van der Waals surface area (Å²) in [6.45, 7) is 3.69. The summed E-state index contributed by atoms with van der Waals surface area (Å²) < 4.78 is 38.6. The summed E-state index contributed by atoms with van der Waals surface area (Å²) in [5.74, 6) is 0.816. The predicted molar refractivity (Wildman–Crippen MR) is 88.1 cm³/mol. The number of methoxy groups -OCH3 is 2. The van der Waals surface area contributed by atoms with Gasteiger partial charge in [-0.05, 0) is 43.4 Å². The van der Waals surface area contributed by atoms with Crippen molar-refractivity contribution in [3.05, 3.63) is 23.8 Å². The minimum Gasteiger partial charge on any atom is -0.495 e. The minimum absolute atomic E-state index is 0.0141. The second kappa shape index (κ2) is 6.07. The number of sulfonamides is 1. The third-order valence-electron chi connectivity index (χ3n) is 5.38. The van der Waals surface area contributed by atoms with Crippen LogP contribution in [0.15, 0.2) is 23.1 Å². The summed E-state index contributed by atoms with van der Waals surface area (Å²) in [5, 5.41) is 0. The lowest BCUT2D eigenvalue weighted by molar-refractivity contribution is 0.0738. The number of hydrogen-bond acceptors (Lipinski definition) is 4. The van der Waals surface area contributed by atoms with Crippen LogP contribution in [-0.2, 0) is 14.8 Å². The van der Waals surface area contributed by atoms with E-state index in [0.29, 0.717) is 31.4 Å². The van der Waals surface area contributed by atoms with Gasteiger partial charge < -0.3 is 9.47 Å². The number of nitrogens with zero attached hydrogens (tertiary/aromatic N) is 1. The quantitative estimate of drug-likeness (QED) is 0.827. The fraction of sp³-hybridized carbons (Fsp3) is 0.647. The molecule has 1 aliphatic carbocycles. The van der Waals surface area contributed by atoms with Gasteiger partial charge in [-0.25, -0.2) is 8.42 Å². The van der Waals surface area contributed by atoms with E-state index in [1.807, 2.05) is 13.0 Å². The Hall–Kier alpha value is -1.11. The van der Waals surface area contributed by atoms with Gasteiger partial charge >= 0.3 is 0 Å². The summed E-state index contributed by atoms with van der Waals surface area (Å²) in [6, 6.07) is 5.24. The maximum Gasteiger partial charge on any atom is 0.246 e. The number of rotatable bonds is 5. The van der Waals surface area contributed by atoms with Gasteiger partial charge in [0.1, 0.15) is 10.6 Å². The van der Waals surface area contributed by atoms with Crippen LogP contribution in [0.3, 0.4) is 0 Å². The fourth-order valence-electron chi connectivity index (χ4n) is 4.20. The lowest BCUT2D eigenvalue weighted by Crippen LogP contribution is -2.34. The molecule has 0 amide bonds. The molecule has 5 nitrogen and oxygen atoms in total. The van der Waals surface area contributed by atoms with Crippen molar-refractivity contribution in [3.63, 3.8) is 0 Å². The summed E-state index contributed by atoms with van der Waals surface area (Å²) in [7, 11) is -0.332. The Morgan fingerprint density at radius 1 is 1.35 bits per heavy atom. The van der Waals surface area contributed by atoms with E-state index in [0.717, 1.165) is 24.8 Å². The van der Waals surface area contributed by atoms with Gasteiger partial charge in [0, 0.05) is 25.6 Å². The van der Waals surface area contributed by atoms with E-state index in [9.17, 15) is 8.42 Å². The van der Waals surface area contributed by atoms with Crippen molar-refractivity contribution in [1.29, 1.82) is 0 Å². The van der Waals surface area contributed by atoms with E-state index in [1.54, 1.807) is 23.5 Å². The molecule has 1 heterocycles. The second-order valence-corrected chi connectivity index (χ2v) is 8.74. The monoisotopic (exact) mass is 339 g/mol. The van der Waals surface area contributed by atoms with Crippen LogP contribution in [0.5, 0.6) is 5.75 Å². The molecule has 0 aromatic heterocycles. The molecule has 2 atom stereocenters. The Bertz CT molecular complexity index is 688. The predicted octanol–water partition coefficient (Wildman–Crippen LogP) is 2.44. The SMILES string of the molecule is COC[C@@]12CCC[C@@H]1CN(S(=O)(=O)c1ccc(C)cc1OC)C2. The number of ether oxygens (including phenoxy) is 2. The minimum atomic E-state index is -3.54. The van der Waals surface area contributed by atoms with Crippen LogP contribution < -0.4 is 4.74 Å². The number of aryl methyl sites for hydroxylation is 1. The molecular formula is C17H25NO4S. The molecule has 0 bridgehead atoms. The van der Waals surface area contributed by atoms with E-state index in [1.165, 1.54) is 7.11 Å². The highest BCUT2D eigenvalue weighted by molar-refractivity contribution is 7.89. The van der Waals surface area contributed by atoms with Crippen LogP contribution in [0.25, 0.3) is 0 Å². The smallest absolute Gasteiger partial charge is 0.246 e. The molecule has 0 unspecified atom stereocenters. The Kier molecular flexibility index (Phi) is 4.42. The highest BCUT2D eigenvalue weighted by atomic mass is 32.2. The highest BCUT2D eigenvalue weighted by Crippen LogP contribution is 2.50. The topological polar surface area (TPSA) is 55.8 Å². The van der Waals surface area contributed by atoms with Crippen molar-refractivity contribution in [2.24, 2.45) is 11.3 Å². The molecule has 2 aliphatic rings. The molecular weight excluding hydrogens is 314 g/mol. The first-order valence-corrected chi connectivity index (χ1v) is 9.51. The summed E-state index contributed by atoms with van der Waals surface area (Å²) in [6.07, 6.45) is 3.29. The third kappa shape index (κ3) is 2.77. The Balaban J connectivity index is 1.93. The van der Waals surface area contributed by atoms with Crippen LogP contribution in [-0.4, -0.2) is 46.6 Å². The maximum absolute atomic E-state index is 13.1. The van der Waals surface area contributed by atoms with E-state index in [-0.39, 0.29) is 10.3 Å². The number of fused-ring (bicyclic) bond motifs is 1. The highest BCUT2D eigenvalue weighted by Gasteiger charge is 2.52. The Morgan fingerprint density at radius 3 is 2.83 bits per heavy atom. The van der Waals surface area contributed by atoms with Crippen molar-refractivity contribution in [2.45, 2.75) is 31.1 Å². The molecule has 1 aromatic rings. The fourth-order valence-corrected chi connectivity index (χ4v) is 5.92. The van der Waals surface area contributed by atoms with Gasteiger partial charge in [0.2, 0.25) is 10.0 Å². The number of benzene rings is 1. The Labute approximate surface area is 138 Å². The third-order valence-corrected chi connectivity index (χ3v) is 7.23. The van der Waals surface area contributed by atoms with E-state index in [4.69, 9.17) is 9.47 Å². The standard InChI is InChI=1S/C17H25NO4S/c1-13-6-7-16(15(9-13)22-3)23(19,20)18-10-14-5-4-8-17(14,11-18)12-21-2/h6-7,9,14H,4-5,8,10-12H2,1-3H3/t14-,17+/m1/s1. The largest absolute Gasteiger partial charge is 0.495 e. The average Bonchev–Trinajstić information content (AvgIpc) is 3.04. The normalized spacial score (nSPS) is 28.0. The van der Waals surface area contributed by atoms with Gasteiger partial charge in [-0.15, -0.1) is 0 Å². The van der Waals surface area contributed by atoms with Crippen molar-refractivity contribution in [3.8, 4) is 5.75 Å². The van der Waals surface area contributed by atoms with Crippen molar-refractivity contribution in [1.82, 2.24) is 4.31 Å². The first-order valence-electron chi connectivity index (χ1n) is 8.07. The molecule has 1 aromatic carbocycles. The van der Waals surface area contributed by atoms with E-state index in [2.05, 4.69) is 0 Å². The Morgan fingerprint density at radius 2 is 2.13 bits per heavy atom. The van der Waals surface area contributed by atoms with Crippen LogP contribution >= 0.6 is 0 Å². The molecule has 3 rings (SSSR count). The molecule has 128 valence electrons. The molecule has 2 fully saturated rings. The van der Waals surface area contributed by atoms with E-state index >= 15 is 0 Å². The average molecular weight is 339 g/mol. The van der Waals surface area contributed by atoms with E-state index < -0.39 is 10.0 Å². The van der Waals surface area contributed by atoms with Crippen LogP contribution in [0.1, 0.15) is 24.8 Å². The molecule has 6 heteroatoms. The van der Waals surface area contributed by atoms with Crippen molar-refractivity contribution in [2.75, 3.05) is 33.9 Å².